The van der Waals surface area contributed by atoms with Gasteiger partial charge in [-0.3, -0.25) is 33.7 Å². The molecular weight excluding hydrogens is 774 g/mol. The minimum atomic E-state index is -0.800. The number of hydrogen-bond donors (Lipinski definition) is 14. The molecule has 0 saturated carbocycles. The number of aromatic hydroxyl groups is 6. The largest absolute Gasteiger partial charge is 0.504 e. The van der Waals surface area contributed by atoms with Gasteiger partial charge in [-0.1, -0.05) is 0 Å². The van der Waals surface area contributed by atoms with Gasteiger partial charge in [-0.05, 0) is 43.3 Å². The second-order valence-corrected chi connectivity index (χ2v) is 13.1. The van der Waals surface area contributed by atoms with Crippen LogP contribution in [0.25, 0.3) is 0 Å². The van der Waals surface area contributed by atoms with E-state index in [4.69, 9.17) is 0 Å². The van der Waals surface area contributed by atoms with Gasteiger partial charge in [0, 0.05) is 85.1 Å². The summed E-state index contributed by atoms with van der Waals surface area (Å²) >= 11 is 0. The van der Waals surface area contributed by atoms with Gasteiger partial charge in [0.05, 0.1) is 33.4 Å². The van der Waals surface area contributed by atoms with E-state index in [2.05, 4.69) is 42.5 Å². The lowest BCUT2D eigenvalue weighted by Crippen LogP contribution is -2.43. The quantitative estimate of drug-likeness (QED) is 0.122. The molecule has 3 aromatic carbocycles. The van der Waals surface area contributed by atoms with Crippen LogP contribution in [0, 0.1) is 0 Å². The van der Waals surface area contributed by atoms with E-state index >= 15 is 0 Å². The van der Waals surface area contributed by atoms with Crippen LogP contribution in [0.2, 0.25) is 0 Å². The maximum atomic E-state index is 13.0. The first kappa shape index (κ1) is 44.9. The summed E-state index contributed by atoms with van der Waals surface area (Å²) in [5.74, 6) is -8.90. The van der Waals surface area contributed by atoms with Crippen molar-refractivity contribution in [3.8, 4) is 34.5 Å². The van der Waals surface area contributed by atoms with Crippen molar-refractivity contribution in [2.75, 3.05) is 85.1 Å². The lowest BCUT2D eigenvalue weighted by atomic mass is 10.1. The Morgan fingerprint density at radius 3 is 1.27 bits per heavy atom. The topological polar surface area (TPSA) is 323 Å². The maximum absolute atomic E-state index is 13.0. The van der Waals surface area contributed by atoms with Crippen molar-refractivity contribution in [3.63, 3.8) is 0 Å². The molecule has 318 valence electrons. The summed E-state index contributed by atoms with van der Waals surface area (Å²) in [4.78, 5) is 78.0. The van der Waals surface area contributed by atoms with Gasteiger partial charge in [-0.15, -0.1) is 0 Å². The Morgan fingerprint density at radius 2 is 0.864 bits per heavy atom. The molecule has 0 atom stereocenters. The number of nitrogens with one attached hydrogen (secondary N) is 8. The van der Waals surface area contributed by atoms with Crippen LogP contribution in [-0.2, 0) is 0 Å². The Kier molecular flexibility index (Phi) is 16.4. The molecule has 0 aromatic heterocycles. The summed E-state index contributed by atoms with van der Waals surface area (Å²) in [6, 6.07) is 7.19. The van der Waals surface area contributed by atoms with Crippen molar-refractivity contribution in [2.24, 2.45) is 0 Å². The van der Waals surface area contributed by atoms with Crippen molar-refractivity contribution < 1.29 is 59.4 Å². The molecule has 4 heterocycles. The van der Waals surface area contributed by atoms with Gasteiger partial charge >= 0.3 is 0 Å². The third-order valence-corrected chi connectivity index (χ3v) is 9.05. The highest BCUT2D eigenvalue weighted by atomic mass is 16.3. The zero-order valence-electron chi connectivity index (χ0n) is 32.2. The number of amides is 6. The molecule has 14 N–H and O–H groups in total. The molecule has 4 aliphatic heterocycles. The van der Waals surface area contributed by atoms with Crippen LogP contribution in [0.3, 0.4) is 0 Å². The van der Waals surface area contributed by atoms with E-state index < -0.39 is 69.9 Å². The van der Waals surface area contributed by atoms with E-state index in [9.17, 15) is 59.4 Å². The number of phenols is 6. The summed E-state index contributed by atoms with van der Waals surface area (Å²) in [5.41, 5.74) is -1.54. The molecule has 4 bridgehead atoms. The van der Waals surface area contributed by atoms with Gasteiger partial charge in [0.2, 0.25) is 0 Å². The molecule has 0 saturated heterocycles. The third kappa shape index (κ3) is 11.8. The van der Waals surface area contributed by atoms with Crippen LogP contribution in [0.5, 0.6) is 34.5 Å². The standard InChI is InChI=1S/C38H49N9O12/c1-2-41-33(54)21-3-4-25(31(52)27(21)48)37(58)45-16-19-47-18-15-40-11-14-44-36(57)23-6-5-22(28(49)29(23)50)34(55)42-12-9-39-10-13-43-35(56)24-7-8-26(32(53)30(24)51)38(59)46-17-20-47/h3-8,39-40,48-53H,2,9-20H2,1H3,(H,41,54)(H,42,55)(H,43,56)(H,44,57)(H,45,58)(H,46,59). The monoisotopic (exact) mass is 823 g/mol. The highest BCUT2D eigenvalue weighted by Crippen LogP contribution is 2.34. The Labute approximate surface area is 338 Å². The predicted octanol–water partition coefficient (Wildman–Crippen LogP) is -1.79. The fraction of sp³-hybridized carbons (Fsp3) is 0.368. The molecule has 0 aliphatic carbocycles. The first-order valence-electron chi connectivity index (χ1n) is 18.7. The van der Waals surface area contributed by atoms with Gasteiger partial charge in [0.25, 0.3) is 35.4 Å². The molecular formula is C38H49N9O12. The Bertz CT molecular complexity index is 2050. The van der Waals surface area contributed by atoms with Gasteiger partial charge in [0.1, 0.15) is 0 Å². The molecule has 0 unspecified atom stereocenters. The van der Waals surface area contributed by atoms with Gasteiger partial charge in [0.15, 0.2) is 34.5 Å². The van der Waals surface area contributed by atoms with E-state index in [1.165, 1.54) is 36.4 Å². The predicted molar refractivity (Wildman–Crippen MR) is 211 cm³/mol. The molecule has 7 rings (SSSR count). The van der Waals surface area contributed by atoms with Gasteiger partial charge in [-0.25, -0.2) is 0 Å². The van der Waals surface area contributed by atoms with Gasteiger partial charge in [-0.2, -0.15) is 0 Å². The average Bonchev–Trinajstić information content (AvgIpc) is 3.20. The number of carbonyl (C=O) groups is 6. The zero-order chi connectivity index (χ0) is 43.1. The van der Waals surface area contributed by atoms with Crippen LogP contribution in [0.4, 0.5) is 0 Å². The summed E-state index contributed by atoms with van der Waals surface area (Å²) < 4.78 is 0. The smallest absolute Gasteiger partial charge is 0.255 e. The number of carbonyl (C=O) groups excluding carboxylic acids is 6. The van der Waals surface area contributed by atoms with E-state index in [0.717, 1.165) is 0 Å². The van der Waals surface area contributed by atoms with Crippen LogP contribution < -0.4 is 42.5 Å². The first-order chi connectivity index (χ1) is 28.3. The zero-order valence-corrected chi connectivity index (χ0v) is 32.2. The molecule has 21 nitrogen and oxygen atoms in total. The molecule has 0 fully saturated rings. The summed E-state index contributed by atoms with van der Waals surface area (Å²) in [6.45, 7) is 4.19. The molecule has 6 amide bonds. The third-order valence-electron chi connectivity index (χ3n) is 9.05. The van der Waals surface area contributed by atoms with E-state index in [1.54, 1.807) is 6.92 Å². The lowest BCUT2D eigenvalue weighted by molar-refractivity contribution is 0.0927. The van der Waals surface area contributed by atoms with Crippen molar-refractivity contribution in [3.05, 3.63) is 69.8 Å². The summed E-state index contributed by atoms with van der Waals surface area (Å²) in [7, 11) is 0. The van der Waals surface area contributed by atoms with E-state index in [1.807, 2.05) is 4.90 Å². The highest BCUT2D eigenvalue weighted by Gasteiger charge is 2.24. The van der Waals surface area contributed by atoms with Crippen molar-refractivity contribution in [1.82, 2.24) is 47.4 Å². The maximum Gasteiger partial charge on any atom is 0.255 e. The second kappa shape index (κ2) is 21.6. The first-order valence-corrected chi connectivity index (χ1v) is 18.7. The lowest BCUT2D eigenvalue weighted by Gasteiger charge is -2.23. The second-order valence-electron chi connectivity index (χ2n) is 13.1. The van der Waals surface area contributed by atoms with Gasteiger partial charge < -0.3 is 73.2 Å². The number of benzene rings is 3. The minimum Gasteiger partial charge on any atom is -0.504 e. The van der Waals surface area contributed by atoms with Crippen LogP contribution in [0.1, 0.15) is 69.1 Å². The number of rotatable bonds is 6. The molecule has 3 aromatic rings. The molecule has 0 spiro atoms. The molecule has 4 aliphatic rings. The van der Waals surface area contributed by atoms with E-state index in [0.29, 0.717) is 13.1 Å². The van der Waals surface area contributed by atoms with Crippen molar-refractivity contribution >= 4 is 35.4 Å². The molecule has 0 radical (unpaired) electrons. The average molecular weight is 824 g/mol. The SMILES string of the molecule is CCNC(=O)c1ccc(C(=O)NCCN2CCNCCNC(=O)c3ccc(c(O)c3O)C(=O)NCCNCCNC(=O)c3ccc(c(O)c3O)C(=O)NCC2)c(O)c1O. The van der Waals surface area contributed by atoms with Crippen molar-refractivity contribution in [2.45, 2.75) is 6.92 Å². The number of phenolic OH excluding ortho intramolecular Hbond substituents is 6. The minimum absolute atomic E-state index is 0.0322. The Hall–Kier alpha value is -6.84. The van der Waals surface area contributed by atoms with Crippen molar-refractivity contribution in [1.29, 1.82) is 0 Å². The van der Waals surface area contributed by atoms with E-state index in [-0.39, 0.29) is 105 Å². The van der Waals surface area contributed by atoms with Crippen LogP contribution in [-0.4, -0.2) is 156 Å². The summed E-state index contributed by atoms with van der Waals surface area (Å²) in [6.07, 6.45) is 0. The number of hydrogen-bond acceptors (Lipinski definition) is 15. The van der Waals surface area contributed by atoms with Crippen LogP contribution in [0.15, 0.2) is 36.4 Å². The fourth-order valence-electron chi connectivity index (χ4n) is 5.84. The Morgan fingerprint density at radius 1 is 0.508 bits per heavy atom. The molecule has 21 heteroatoms. The summed E-state index contributed by atoms with van der Waals surface area (Å²) in [5, 5.41) is 84.5. The molecule has 59 heavy (non-hydrogen) atoms. The normalized spacial score (nSPS) is 15.7. The number of nitrogens with zero attached hydrogens (tertiary/aromatic N) is 1. The highest BCUT2D eigenvalue weighted by molar-refractivity contribution is 6.04. The van der Waals surface area contributed by atoms with Crippen LogP contribution >= 0.6 is 0 Å². The fourth-order valence-corrected chi connectivity index (χ4v) is 5.84. The Balaban J connectivity index is 1.44.